The molecule has 2 aliphatic heterocycles. The number of nitrogens with two attached hydrogens (primary N) is 1. The molecule has 5 rings (SSSR count). The van der Waals surface area contributed by atoms with Crippen LogP contribution in [0.3, 0.4) is 0 Å². The summed E-state index contributed by atoms with van der Waals surface area (Å²) in [4.78, 5) is 36.2. The Hall–Kier alpha value is -4.54. The summed E-state index contributed by atoms with van der Waals surface area (Å²) in [6.07, 6.45) is 10.2. The lowest BCUT2D eigenvalue weighted by molar-refractivity contribution is -0.141. The molecule has 10 heteroatoms. The highest BCUT2D eigenvalue weighted by atomic mass is 16.5. The maximum Gasteiger partial charge on any atom is 0.310 e. The number of H-pyrrole nitrogens is 3. The number of methoxy groups -OCH3 is 3. The highest BCUT2D eigenvalue weighted by Crippen LogP contribution is 2.42. The molecule has 1 fully saturated rings. The van der Waals surface area contributed by atoms with E-state index in [4.69, 9.17) is 15.2 Å². The van der Waals surface area contributed by atoms with Gasteiger partial charge in [-0.25, -0.2) is 0 Å². The van der Waals surface area contributed by atoms with Crippen LogP contribution < -0.4 is 21.7 Å². The normalized spacial score (nSPS) is 16.6. The number of carbonyl (C=O) groups excluding carboxylic acids is 2. The molecule has 6 N–H and O–H groups in total. The number of allylic oxidation sites excluding steroid dienone is 2. The average Bonchev–Trinajstić information content (AvgIpc) is 3.75. The molecule has 258 valence electrons. The van der Waals surface area contributed by atoms with Crippen molar-refractivity contribution in [1.29, 1.82) is 0 Å². The van der Waals surface area contributed by atoms with E-state index >= 15 is 0 Å². The van der Waals surface area contributed by atoms with Crippen molar-refractivity contribution in [1.82, 2.24) is 20.3 Å². The molecule has 48 heavy (non-hydrogen) atoms. The molecule has 8 bridgehead atoms. The fraction of sp³-hybridized carbons (Fsp3) is 0.421. The van der Waals surface area contributed by atoms with Gasteiger partial charge in [0.15, 0.2) is 0 Å². The van der Waals surface area contributed by atoms with Crippen molar-refractivity contribution in [3.63, 3.8) is 0 Å². The molecule has 0 amide bonds. The van der Waals surface area contributed by atoms with Crippen molar-refractivity contribution in [2.45, 2.75) is 67.2 Å². The van der Waals surface area contributed by atoms with E-state index < -0.39 is 0 Å². The van der Waals surface area contributed by atoms with Gasteiger partial charge in [-0.3, -0.25) is 9.59 Å². The SMILES string of the molecule is C=Cc1c2[nH]c(c1C)C=C1NC(=C(CC(=O)OC)c3[nH]c(c(C)c3C)C=c3[nH]c(c(C)c3CC)=C2)[C@@H](CCC(=O)OC)[C@@H]1C.COCN. The van der Waals surface area contributed by atoms with Crippen LogP contribution in [0.15, 0.2) is 18.0 Å². The standard InChI is InChI=1S/C36H44N4O4.C2H7NO/c1-10-23-20(5)28-15-30-22(7)25(12-13-33(41)43-8)36(40-30)26(14-34(42)44-9)35-19(4)18(3)27(39-35)16-31-24(11-2)21(6)29(38-31)17-32(23)37-28;1-4-2-3/h10,15-17,22,25,37-40H,1,11-14H2,2-9H3;2-3H2,1H3/t22-,25-;/m0./s1. The van der Waals surface area contributed by atoms with Gasteiger partial charge in [0.05, 0.1) is 27.4 Å². The molecule has 0 aromatic carbocycles. The maximum atomic E-state index is 12.9. The number of hydrogen-bond donors (Lipinski definition) is 5. The first kappa shape index (κ1) is 36.3. The van der Waals surface area contributed by atoms with Gasteiger partial charge >= 0.3 is 11.9 Å². The number of fused-ring (bicyclic) bond motifs is 8. The zero-order valence-corrected chi connectivity index (χ0v) is 29.8. The van der Waals surface area contributed by atoms with Crippen LogP contribution in [-0.4, -0.2) is 55.0 Å². The largest absolute Gasteiger partial charge is 0.469 e. The Balaban J connectivity index is 0.00000123. The smallest absolute Gasteiger partial charge is 0.310 e. The Morgan fingerprint density at radius 3 is 2.12 bits per heavy atom. The molecule has 5 heterocycles. The van der Waals surface area contributed by atoms with Crippen molar-refractivity contribution < 1.29 is 23.8 Å². The highest BCUT2D eigenvalue weighted by molar-refractivity contribution is 5.88. The van der Waals surface area contributed by atoms with Gasteiger partial charge < -0.3 is 40.2 Å². The van der Waals surface area contributed by atoms with Gasteiger partial charge in [-0.05, 0) is 86.6 Å². The summed E-state index contributed by atoms with van der Waals surface area (Å²) in [5, 5.41) is 5.82. The van der Waals surface area contributed by atoms with E-state index in [1.807, 2.05) is 6.08 Å². The Morgan fingerprint density at radius 1 is 0.875 bits per heavy atom. The third kappa shape index (κ3) is 7.15. The minimum absolute atomic E-state index is 0.0441. The molecule has 1 saturated heterocycles. The van der Waals surface area contributed by atoms with Crippen LogP contribution in [-0.2, 0) is 30.2 Å². The molecular weight excluding hydrogens is 606 g/mol. The third-order valence-corrected chi connectivity index (χ3v) is 9.83. The zero-order chi connectivity index (χ0) is 35.3. The van der Waals surface area contributed by atoms with E-state index in [-0.39, 0.29) is 36.6 Å². The monoisotopic (exact) mass is 657 g/mol. The quantitative estimate of drug-likeness (QED) is 0.174. The molecule has 0 radical (unpaired) electrons. The highest BCUT2D eigenvalue weighted by Gasteiger charge is 2.36. The van der Waals surface area contributed by atoms with Gasteiger partial charge in [-0.2, -0.15) is 0 Å². The molecule has 0 spiro atoms. The summed E-state index contributed by atoms with van der Waals surface area (Å²) < 4.78 is 14.5. The van der Waals surface area contributed by atoms with Crippen LogP contribution >= 0.6 is 0 Å². The number of aromatic amines is 3. The molecule has 0 saturated carbocycles. The maximum absolute atomic E-state index is 12.9. The Morgan fingerprint density at radius 2 is 1.52 bits per heavy atom. The van der Waals surface area contributed by atoms with Crippen LogP contribution in [0, 0.1) is 39.5 Å². The number of aromatic nitrogens is 3. The molecule has 2 aliphatic rings. The second-order valence-electron chi connectivity index (χ2n) is 12.4. The van der Waals surface area contributed by atoms with Crippen LogP contribution in [0.25, 0.3) is 29.9 Å². The first-order valence-electron chi connectivity index (χ1n) is 16.4. The minimum atomic E-state index is -0.327. The predicted molar refractivity (Wildman–Crippen MR) is 192 cm³/mol. The Bertz CT molecular complexity index is 1880. The van der Waals surface area contributed by atoms with Crippen LogP contribution in [0.4, 0.5) is 0 Å². The van der Waals surface area contributed by atoms with Crippen molar-refractivity contribution in [3.8, 4) is 0 Å². The van der Waals surface area contributed by atoms with Crippen molar-refractivity contribution in [2.24, 2.45) is 17.6 Å². The van der Waals surface area contributed by atoms with Crippen molar-refractivity contribution >= 4 is 41.8 Å². The van der Waals surface area contributed by atoms with Crippen molar-refractivity contribution in [3.05, 3.63) is 84.8 Å². The number of esters is 2. The van der Waals surface area contributed by atoms with E-state index in [1.165, 1.54) is 25.3 Å². The van der Waals surface area contributed by atoms with Gasteiger partial charge in [0.2, 0.25) is 0 Å². The Kier molecular flexibility index (Phi) is 11.8. The summed E-state index contributed by atoms with van der Waals surface area (Å²) in [7, 11) is 4.38. The van der Waals surface area contributed by atoms with E-state index in [9.17, 15) is 9.59 Å². The summed E-state index contributed by atoms with van der Waals surface area (Å²) >= 11 is 0. The lowest BCUT2D eigenvalue weighted by Crippen LogP contribution is -2.16. The Labute approximate surface area is 283 Å². The van der Waals surface area contributed by atoms with Gasteiger partial charge in [0, 0.05) is 81.4 Å². The minimum Gasteiger partial charge on any atom is -0.469 e. The van der Waals surface area contributed by atoms with E-state index in [1.54, 1.807) is 7.11 Å². The van der Waals surface area contributed by atoms with Crippen LogP contribution in [0.5, 0.6) is 0 Å². The predicted octanol–water partition coefficient (Wildman–Crippen LogP) is 4.75. The number of ether oxygens (including phenoxy) is 3. The molecule has 3 aromatic heterocycles. The van der Waals surface area contributed by atoms with Gasteiger partial charge in [-0.15, -0.1) is 0 Å². The second kappa shape index (κ2) is 15.6. The summed E-state index contributed by atoms with van der Waals surface area (Å²) in [6.45, 7) is 17.2. The van der Waals surface area contributed by atoms with Gasteiger partial charge in [-0.1, -0.05) is 26.5 Å². The number of rotatable bonds is 8. The van der Waals surface area contributed by atoms with Gasteiger partial charge in [0.1, 0.15) is 0 Å². The topological polar surface area (TPSA) is 147 Å². The number of nitrogens with one attached hydrogen (secondary N) is 4. The molecule has 0 aliphatic carbocycles. The van der Waals surface area contributed by atoms with E-state index in [0.29, 0.717) is 13.2 Å². The molecule has 2 atom stereocenters. The molecule has 10 nitrogen and oxygen atoms in total. The number of hydrogen-bond acceptors (Lipinski definition) is 7. The fourth-order valence-corrected chi connectivity index (χ4v) is 6.78. The lowest BCUT2D eigenvalue weighted by Gasteiger charge is -2.19. The zero-order valence-electron chi connectivity index (χ0n) is 29.8. The van der Waals surface area contributed by atoms with Crippen LogP contribution in [0.1, 0.15) is 89.3 Å². The van der Waals surface area contributed by atoms with E-state index in [0.717, 1.165) is 79.1 Å². The summed E-state index contributed by atoms with van der Waals surface area (Å²) in [5.74, 6) is -0.589. The fourth-order valence-electron chi connectivity index (χ4n) is 6.78. The van der Waals surface area contributed by atoms with Gasteiger partial charge in [0.25, 0.3) is 0 Å². The molecule has 3 aromatic rings. The molecule has 0 unspecified atom stereocenters. The first-order chi connectivity index (χ1) is 22.9. The summed E-state index contributed by atoms with van der Waals surface area (Å²) in [5.41, 5.74) is 18.2. The van der Waals surface area contributed by atoms with Crippen LogP contribution in [0.2, 0.25) is 0 Å². The van der Waals surface area contributed by atoms with Crippen molar-refractivity contribution in [2.75, 3.05) is 28.1 Å². The first-order valence-corrected chi connectivity index (χ1v) is 16.4. The number of carbonyl (C=O) groups is 2. The average molecular weight is 658 g/mol. The third-order valence-electron chi connectivity index (χ3n) is 9.83. The van der Waals surface area contributed by atoms with E-state index in [2.05, 4.69) is 91.4 Å². The summed E-state index contributed by atoms with van der Waals surface area (Å²) in [6, 6.07) is 0. The second-order valence-corrected chi connectivity index (χ2v) is 12.4. The molecular formula is C38H51N5O5. The lowest BCUT2D eigenvalue weighted by atomic mass is 9.85.